The SMILES string of the molecule is Nc1cc(C2CC2)nc(/C=N/O)c1F. The molecule has 1 aromatic heterocycles. The van der Waals surface area contributed by atoms with Crippen LogP contribution in [0.1, 0.15) is 30.1 Å². The van der Waals surface area contributed by atoms with Crippen LogP contribution in [0.4, 0.5) is 10.1 Å². The highest BCUT2D eigenvalue weighted by molar-refractivity contribution is 5.78. The molecule has 1 fully saturated rings. The van der Waals surface area contributed by atoms with E-state index in [1.807, 2.05) is 0 Å². The Morgan fingerprint density at radius 1 is 1.64 bits per heavy atom. The van der Waals surface area contributed by atoms with E-state index in [4.69, 9.17) is 10.9 Å². The van der Waals surface area contributed by atoms with Crippen molar-refractivity contribution in [3.05, 3.63) is 23.3 Å². The number of nitrogen functional groups attached to an aromatic ring is 1. The van der Waals surface area contributed by atoms with E-state index < -0.39 is 5.82 Å². The zero-order chi connectivity index (χ0) is 10.1. The average Bonchev–Trinajstić information content (AvgIpc) is 2.96. The zero-order valence-corrected chi connectivity index (χ0v) is 7.44. The van der Waals surface area contributed by atoms with Gasteiger partial charge in [-0.2, -0.15) is 0 Å². The molecule has 0 aromatic carbocycles. The van der Waals surface area contributed by atoms with Gasteiger partial charge in [0.25, 0.3) is 0 Å². The minimum atomic E-state index is -0.632. The van der Waals surface area contributed by atoms with E-state index in [1.54, 1.807) is 6.07 Å². The van der Waals surface area contributed by atoms with Crippen molar-refractivity contribution < 1.29 is 9.60 Å². The predicted octanol–water partition coefficient (Wildman–Crippen LogP) is 1.49. The molecule has 74 valence electrons. The van der Waals surface area contributed by atoms with Gasteiger partial charge in [0.1, 0.15) is 5.69 Å². The van der Waals surface area contributed by atoms with Gasteiger partial charge in [0.2, 0.25) is 0 Å². The Morgan fingerprint density at radius 3 is 2.93 bits per heavy atom. The number of oxime groups is 1. The molecule has 14 heavy (non-hydrogen) atoms. The molecule has 0 amide bonds. The number of nitrogens with two attached hydrogens (primary N) is 1. The summed E-state index contributed by atoms with van der Waals surface area (Å²) in [4.78, 5) is 4.02. The van der Waals surface area contributed by atoms with Gasteiger partial charge in [-0.05, 0) is 18.9 Å². The number of pyridine rings is 1. The molecular weight excluding hydrogens is 185 g/mol. The molecule has 0 radical (unpaired) electrons. The molecule has 2 rings (SSSR count). The van der Waals surface area contributed by atoms with Gasteiger partial charge in [-0.25, -0.2) is 9.37 Å². The number of aromatic nitrogens is 1. The highest BCUT2D eigenvalue weighted by Gasteiger charge is 2.26. The van der Waals surface area contributed by atoms with E-state index in [9.17, 15) is 4.39 Å². The van der Waals surface area contributed by atoms with Gasteiger partial charge < -0.3 is 10.9 Å². The van der Waals surface area contributed by atoms with Crippen LogP contribution >= 0.6 is 0 Å². The van der Waals surface area contributed by atoms with Crippen LogP contribution in [0.2, 0.25) is 0 Å². The van der Waals surface area contributed by atoms with Crippen LogP contribution in [-0.2, 0) is 0 Å². The smallest absolute Gasteiger partial charge is 0.173 e. The van der Waals surface area contributed by atoms with Gasteiger partial charge in [-0.1, -0.05) is 5.16 Å². The van der Waals surface area contributed by atoms with Crippen LogP contribution in [-0.4, -0.2) is 16.4 Å². The number of hydrogen-bond donors (Lipinski definition) is 2. The standard InChI is InChI=1S/C9H10FN3O/c10-9-6(11)3-7(5-1-2-5)13-8(9)4-12-14/h3-5,14H,1-2H2,(H2,11,13)/b12-4+. The lowest BCUT2D eigenvalue weighted by Crippen LogP contribution is -2.03. The minimum absolute atomic E-state index is 0.00519. The van der Waals surface area contributed by atoms with Gasteiger partial charge >= 0.3 is 0 Å². The number of halogens is 1. The molecule has 0 bridgehead atoms. The molecular formula is C9H10FN3O. The summed E-state index contributed by atoms with van der Waals surface area (Å²) in [5.74, 6) is -0.240. The van der Waals surface area contributed by atoms with Crippen molar-refractivity contribution in [3.63, 3.8) is 0 Å². The summed E-state index contributed by atoms with van der Waals surface area (Å²) in [7, 11) is 0. The second kappa shape index (κ2) is 3.25. The quantitative estimate of drug-likeness (QED) is 0.426. The van der Waals surface area contributed by atoms with Crippen LogP contribution in [0, 0.1) is 5.82 Å². The summed E-state index contributed by atoms with van der Waals surface area (Å²) in [6.45, 7) is 0. The molecule has 0 unspecified atom stereocenters. The Bertz CT molecular complexity index is 388. The monoisotopic (exact) mass is 195 g/mol. The lowest BCUT2D eigenvalue weighted by molar-refractivity contribution is 0.321. The van der Waals surface area contributed by atoms with E-state index in [1.165, 1.54) is 0 Å². The molecule has 3 N–H and O–H groups in total. The molecule has 0 saturated heterocycles. The first-order valence-electron chi connectivity index (χ1n) is 4.35. The third-order valence-corrected chi connectivity index (χ3v) is 2.21. The van der Waals surface area contributed by atoms with E-state index in [0.717, 1.165) is 24.8 Å². The van der Waals surface area contributed by atoms with Gasteiger partial charge in [-0.15, -0.1) is 0 Å². The zero-order valence-electron chi connectivity index (χ0n) is 7.44. The summed E-state index contributed by atoms with van der Waals surface area (Å²) in [5, 5.41) is 11.0. The molecule has 1 heterocycles. The summed E-state index contributed by atoms with van der Waals surface area (Å²) in [5.41, 5.74) is 6.28. The molecule has 5 heteroatoms. The first-order valence-corrected chi connectivity index (χ1v) is 4.35. The van der Waals surface area contributed by atoms with Crippen molar-refractivity contribution in [1.82, 2.24) is 4.98 Å². The molecule has 1 saturated carbocycles. The van der Waals surface area contributed by atoms with Gasteiger partial charge in [0.05, 0.1) is 11.9 Å². The van der Waals surface area contributed by atoms with Crippen molar-refractivity contribution in [2.75, 3.05) is 5.73 Å². The number of rotatable bonds is 2. The maximum absolute atomic E-state index is 13.3. The fraction of sp³-hybridized carbons (Fsp3) is 0.333. The summed E-state index contributed by atoms with van der Waals surface area (Å²) in [6, 6.07) is 1.54. The molecule has 4 nitrogen and oxygen atoms in total. The number of nitrogens with zero attached hydrogens (tertiary/aromatic N) is 2. The fourth-order valence-corrected chi connectivity index (χ4v) is 1.32. The average molecular weight is 195 g/mol. The first kappa shape index (κ1) is 8.93. The highest BCUT2D eigenvalue weighted by Crippen LogP contribution is 2.39. The van der Waals surface area contributed by atoms with E-state index in [-0.39, 0.29) is 11.4 Å². The van der Waals surface area contributed by atoms with Crippen LogP contribution in [0.3, 0.4) is 0 Å². The van der Waals surface area contributed by atoms with Crippen LogP contribution in [0.5, 0.6) is 0 Å². The Balaban J connectivity index is 2.46. The molecule has 0 spiro atoms. The summed E-state index contributed by atoms with van der Waals surface area (Å²) in [6.07, 6.45) is 3.08. The van der Waals surface area contributed by atoms with Gasteiger partial charge in [0, 0.05) is 11.6 Å². The van der Waals surface area contributed by atoms with Crippen molar-refractivity contribution >= 4 is 11.9 Å². The summed E-state index contributed by atoms with van der Waals surface area (Å²) >= 11 is 0. The van der Waals surface area contributed by atoms with Crippen molar-refractivity contribution in [2.24, 2.45) is 5.16 Å². The highest BCUT2D eigenvalue weighted by atomic mass is 19.1. The second-order valence-corrected chi connectivity index (χ2v) is 3.35. The van der Waals surface area contributed by atoms with Crippen LogP contribution in [0.25, 0.3) is 0 Å². The topological polar surface area (TPSA) is 71.5 Å². The summed E-state index contributed by atoms with van der Waals surface area (Å²) < 4.78 is 13.3. The molecule has 1 aromatic rings. The van der Waals surface area contributed by atoms with Gasteiger partial charge in [-0.3, -0.25) is 0 Å². The number of anilines is 1. The van der Waals surface area contributed by atoms with Gasteiger partial charge in [0.15, 0.2) is 5.82 Å². The predicted molar refractivity (Wildman–Crippen MR) is 50.0 cm³/mol. The first-order chi connectivity index (χ1) is 6.72. The lowest BCUT2D eigenvalue weighted by atomic mass is 10.2. The second-order valence-electron chi connectivity index (χ2n) is 3.35. The van der Waals surface area contributed by atoms with Crippen molar-refractivity contribution in [2.45, 2.75) is 18.8 Å². The normalized spacial score (nSPS) is 16.4. The Morgan fingerprint density at radius 2 is 2.36 bits per heavy atom. The lowest BCUT2D eigenvalue weighted by Gasteiger charge is -2.03. The number of hydrogen-bond acceptors (Lipinski definition) is 4. The molecule has 0 atom stereocenters. The minimum Gasteiger partial charge on any atom is -0.411 e. The van der Waals surface area contributed by atoms with Crippen molar-refractivity contribution in [1.29, 1.82) is 0 Å². The Hall–Kier alpha value is -1.65. The molecule has 1 aliphatic rings. The third-order valence-electron chi connectivity index (χ3n) is 2.21. The maximum atomic E-state index is 13.3. The van der Waals surface area contributed by atoms with E-state index in [2.05, 4.69) is 10.1 Å². The fourth-order valence-electron chi connectivity index (χ4n) is 1.32. The third kappa shape index (κ3) is 1.53. The van der Waals surface area contributed by atoms with E-state index in [0.29, 0.717) is 5.92 Å². The maximum Gasteiger partial charge on any atom is 0.173 e. The Kier molecular flexibility index (Phi) is 2.07. The van der Waals surface area contributed by atoms with Crippen LogP contribution in [0.15, 0.2) is 11.2 Å². The molecule has 1 aliphatic carbocycles. The van der Waals surface area contributed by atoms with E-state index >= 15 is 0 Å². The molecule has 0 aliphatic heterocycles. The van der Waals surface area contributed by atoms with Crippen molar-refractivity contribution in [3.8, 4) is 0 Å². The Labute approximate surface area is 80.3 Å². The largest absolute Gasteiger partial charge is 0.411 e. The van der Waals surface area contributed by atoms with Crippen LogP contribution < -0.4 is 5.73 Å².